The Morgan fingerprint density at radius 3 is 2.42 bits per heavy atom. The zero-order valence-electron chi connectivity index (χ0n) is 19.3. The van der Waals surface area contributed by atoms with Crippen LogP contribution in [0.3, 0.4) is 0 Å². The molecule has 33 heavy (non-hydrogen) atoms. The van der Waals surface area contributed by atoms with Crippen molar-refractivity contribution in [3.8, 4) is 0 Å². The maximum Gasteiger partial charge on any atom is 0.251 e. The van der Waals surface area contributed by atoms with Crippen LogP contribution in [0.1, 0.15) is 19.4 Å². The van der Waals surface area contributed by atoms with Crippen LogP contribution in [0.2, 0.25) is 0 Å². The van der Waals surface area contributed by atoms with E-state index in [9.17, 15) is 19.2 Å². The molecule has 4 amide bonds. The molecule has 10 nitrogen and oxygen atoms in total. The standard InChI is InChI=1S/C23H33N5O5/c1-14(2)20-22(31)25-11-16-10-24-12-18(33-16)21(30)26-17(9-15-7-5-4-6-8-15)23(32)28(3)13-19(29)27-20/h4-8,14,16-18,20,24H,9-13H2,1-3H3,(H,25,31)(H,26,30)(H,27,29)/t16-,17-,18-,20+/m1/s1. The number of nitrogens with zero attached hydrogens (tertiary/aromatic N) is 1. The van der Waals surface area contributed by atoms with Gasteiger partial charge in [-0.3, -0.25) is 19.2 Å². The molecule has 2 aliphatic heterocycles. The number of benzene rings is 1. The van der Waals surface area contributed by atoms with Crippen molar-refractivity contribution in [2.45, 2.75) is 44.6 Å². The van der Waals surface area contributed by atoms with Crippen molar-refractivity contribution in [3.63, 3.8) is 0 Å². The van der Waals surface area contributed by atoms with Gasteiger partial charge in [0.25, 0.3) is 5.91 Å². The Labute approximate surface area is 193 Å². The van der Waals surface area contributed by atoms with Crippen molar-refractivity contribution in [1.29, 1.82) is 0 Å². The average Bonchev–Trinajstić information content (AvgIpc) is 2.80. The molecule has 10 heteroatoms. The fraction of sp³-hybridized carbons (Fsp3) is 0.565. The lowest BCUT2D eigenvalue weighted by Crippen LogP contribution is -2.58. The highest BCUT2D eigenvalue weighted by atomic mass is 16.5. The molecule has 1 aromatic rings. The highest BCUT2D eigenvalue weighted by molar-refractivity contribution is 5.93. The van der Waals surface area contributed by atoms with Gasteiger partial charge in [0.2, 0.25) is 17.7 Å². The Bertz CT molecular complexity index is 862. The first kappa shape index (κ1) is 24.7. The summed E-state index contributed by atoms with van der Waals surface area (Å²) in [4.78, 5) is 52.8. The largest absolute Gasteiger partial charge is 0.361 e. The SMILES string of the molecule is CC(C)[C@@H]1NC(=O)CN(C)C(=O)[C@@H](Cc2ccccc2)NC(=O)[C@H]2CNC[C@H](CNC1=O)O2. The lowest BCUT2D eigenvalue weighted by Gasteiger charge is -2.32. The van der Waals surface area contributed by atoms with Crippen LogP contribution in [-0.4, -0.2) is 86.0 Å². The van der Waals surface area contributed by atoms with Crippen molar-refractivity contribution in [1.82, 2.24) is 26.2 Å². The highest BCUT2D eigenvalue weighted by Gasteiger charge is 2.34. The Morgan fingerprint density at radius 1 is 1.00 bits per heavy atom. The first-order valence-electron chi connectivity index (χ1n) is 11.3. The molecule has 2 heterocycles. The van der Waals surface area contributed by atoms with Gasteiger partial charge < -0.3 is 30.9 Å². The summed E-state index contributed by atoms with van der Waals surface area (Å²) < 4.78 is 5.90. The van der Waals surface area contributed by atoms with Gasteiger partial charge in [-0.2, -0.15) is 0 Å². The minimum absolute atomic E-state index is 0.155. The van der Waals surface area contributed by atoms with Crippen LogP contribution < -0.4 is 21.3 Å². The third kappa shape index (κ3) is 6.75. The van der Waals surface area contributed by atoms with E-state index >= 15 is 0 Å². The molecule has 4 atom stereocenters. The normalized spacial score (nSPS) is 27.8. The van der Waals surface area contributed by atoms with Gasteiger partial charge in [-0.1, -0.05) is 44.2 Å². The molecule has 4 N–H and O–H groups in total. The molecule has 0 unspecified atom stereocenters. The molecule has 2 saturated heterocycles. The van der Waals surface area contributed by atoms with Crippen LogP contribution in [-0.2, 0) is 30.3 Å². The summed E-state index contributed by atoms with van der Waals surface area (Å²) in [7, 11) is 1.50. The predicted molar refractivity (Wildman–Crippen MR) is 121 cm³/mol. The molecule has 0 aromatic heterocycles. The van der Waals surface area contributed by atoms with Crippen LogP contribution in [0, 0.1) is 5.92 Å². The smallest absolute Gasteiger partial charge is 0.251 e. The first-order chi connectivity index (χ1) is 15.7. The molecule has 2 aliphatic rings. The molecule has 1 aromatic carbocycles. The van der Waals surface area contributed by atoms with Gasteiger partial charge in [0.15, 0.2) is 0 Å². The molecule has 3 rings (SSSR count). The zero-order chi connectivity index (χ0) is 24.0. The van der Waals surface area contributed by atoms with Crippen LogP contribution in [0.15, 0.2) is 30.3 Å². The second kappa shape index (κ2) is 11.2. The van der Waals surface area contributed by atoms with Gasteiger partial charge in [-0.25, -0.2) is 0 Å². The summed E-state index contributed by atoms with van der Waals surface area (Å²) in [5, 5.41) is 11.5. The summed E-state index contributed by atoms with van der Waals surface area (Å²) in [6, 6.07) is 7.73. The minimum atomic E-state index is -0.868. The van der Waals surface area contributed by atoms with Crippen LogP contribution in [0.5, 0.6) is 0 Å². The van der Waals surface area contributed by atoms with E-state index in [4.69, 9.17) is 4.74 Å². The second-order valence-electron chi connectivity index (χ2n) is 8.88. The first-order valence-corrected chi connectivity index (χ1v) is 11.3. The van der Waals surface area contributed by atoms with Gasteiger partial charge in [0, 0.05) is 33.1 Å². The number of carbonyl (C=O) groups is 4. The number of morpholine rings is 1. The van der Waals surface area contributed by atoms with Crippen LogP contribution >= 0.6 is 0 Å². The Kier molecular flexibility index (Phi) is 8.40. The third-order valence-corrected chi connectivity index (χ3v) is 5.77. The molecule has 2 fully saturated rings. The topological polar surface area (TPSA) is 129 Å². The van der Waals surface area contributed by atoms with Crippen molar-refractivity contribution in [2.75, 3.05) is 33.2 Å². The van der Waals surface area contributed by atoms with Crippen molar-refractivity contribution in [3.05, 3.63) is 35.9 Å². The van der Waals surface area contributed by atoms with Gasteiger partial charge in [0.1, 0.15) is 18.2 Å². The number of carbonyl (C=O) groups excluding carboxylic acids is 4. The van der Waals surface area contributed by atoms with Crippen LogP contribution in [0.25, 0.3) is 0 Å². The summed E-state index contributed by atoms with van der Waals surface area (Å²) in [6.45, 7) is 4.40. The Balaban J connectivity index is 1.86. The maximum absolute atomic E-state index is 13.2. The van der Waals surface area contributed by atoms with E-state index in [2.05, 4.69) is 21.3 Å². The Hall–Kier alpha value is -2.98. The summed E-state index contributed by atoms with van der Waals surface area (Å²) in [6.07, 6.45) is -0.948. The summed E-state index contributed by atoms with van der Waals surface area (Å²) in [5.41, 5.74) is 0.877. The number of likely N-dealkylation sites (N-methyl/N-ethyl adjacent to an activating group) is 1. The van der Waals surface area contributed by atoms with Gasteiger partial charge in [0.05, 0.1) is 12.6 Å². The lowest BCUT2D eigenvalue weighted by atomic mass is 10.0. The average molecular weight is 460 g/mol. The van der Waals surface area contributed by atoms with E-state index in [1.54, 1.807) is 0 Å². The van der Waals surface area contributed by atoms with E-state index < -0.39 is 42.0 Å². The molecule has 0 aliphatic carbocycles. The fourth-order valence-corrected chi connectivity index (χ4v) is 3.93. The van der Waals surface area contributed by atoms with Crippen molar-refractivity contribution in [2.24, 2.45) is 5.92 Å². The number of hydrogen-bond acceptors (Lipinski definition) is 6. The molecule has 180 valence electrons. The minimum Gasteiger partial charge on any atom is -0.361 e. The second-order valence-corrected chi connectivity index (χ2v) is 8.88. The lowest BCUT2D eigenvalue weighted by molar-refractivity contribution is -0.144. The number of fused-ring (bicyclic) bond motifs is 2. The molecule has 2 bridgehead atoms. The van der Waals surface area contributed by atoms with E-state index in [0.717, 1.165) is 5.56 Å². The van der Waals surface area contributed by atoms with E-state index in [1.807, 2.05) is 44.2 Å². The third-order valence-electron chi connectivity index (χ3n) is 5.77. The van der Waals surface area contributed by atoms with Gasteiger partial charge >= 0.3 is 0 Å². The van der Waals surface area contributed by atoms with Crippen LogP contribution in [0.4, 0.5) is 0 Å². The molecule has 0 spiro atoms. The predicted octanol–water partition coefficient (Wildman–Crippen LogP) is -1.20. The van der Waals surface area contributed by atoms with E-state index in [0.29, 0.717) is 13.1 Å². The van der Waals surface area contributed by atoms with Crippen molar-refractivity contribution < 1.29 is 23.9 Å². The summed E-state index contributed by atoms with van der Waals surface area (Å²) in [5.74, 6) is -1.75. The Morgan fingerprint density at radius 2 is 1.73 bits per heavy atom. The number of rotatable bonds is 3. The molecule has 0 saturated carbocycles. The van der Waals surface area contributed by atoms with Crippen molar-refractivity contribution >= 4 is 23.6 Å². The number of hydrogen-bond donors (Lipinski definition) is 4. The summed E-state index contributed by atoms with van der Waals surface area (Å²) >= 11 is 0. The van der Waals surface area contributed by atoms with E-state index in [1.165, 1.54) is 11.9 Å². The number of nitrogens with one attached hydrogen (secondary N) is 4. The monoisotopic (exact) mass is 459 g/mol. The molecular weight excluding hydrogens is 426 g/mol. The molecular formula is C23H33N5O5. The van der Waals surface area contributed by atoms with Gasteiger partial charge in [-0.05, 0) is 11.5 Å². The fourth-order valence-electron chi connectivity index (χ4n) is 3.93. The number of ether oxygens (including phenoxy) is 1. The van der Waals surface area contributed by atoms with Gasteiger partial charge in [-0.15, -0.1) is 0 Å². The quantitative estimate of drug-likeness (QED) is 0.450. The maximum atomic E-state index is 13.2. The zero-order valence-corrected chi connectivity index (χ0v) is 19.3. The van der Waals surface area contributed by atoms with E-state index in [-0.39, 0.29) is 31.3 Å². The highest BCUT2D eigenvalue weighted by Crippen LogP contribution is 2.10. The number of amides is 4. The molecule has 0 radical (unpaired) electrons.